The van der Waals surface area contributed by atoms with Gasteiger partial charge in [-0.05, 0) is 56.3 Å². The van der Waals surface area contributed by atoms with Gasteiger partial charge in [-0.2, -0.15) is 18.3 Å². The number of pyridine rings is 1. The van der Waals surface area contributed by atoms with Gasteiger partial charge in [-0.3, -0.25) is 9.36 Å². The normalized spacial score (nSPS) is 15.3. The molecule has 198 valence electrons. The molecule has 0 radical (unpaired) electrons. The fourth-order valence-electron chi connectivity index (χ4n) is 4.32. The number of aliphatic hydroxyl groups excluding tert-OH is 1. The fraction of sp³-hybridized carbons (Fsp3) is 0.320. The minimum atomic E-state index is -4.47. The van der Waals surface area contributed by atoms with Crippen molar-refractivity contribution in [3.63, 3.8) is 0 Å². The summed E-state index contributed by atoms with van der Waals surface area (Å²) < 4.78 is 40.2. The molecule has 13 heteroatoms. The van der Waals surface area contributed by atoms with Gasteiger partial charge in [-0.1, -0.05) is 0 Å². The third-order valence-corrected chi connectivity index (χ3v) is 6.19. The third-order valence-electron chi connectivity index (χ3n) is 6.19. The number of aromatic nitrogens is 5. The van der Waals surface area contributed by atoms with Crippen molar-refractivity contribution in [2.45, 2.75) is 26.1 Å². The number of hydrogen-bond acceptors (Lipinski definition) is 8. The van der Waals surface area contributed by atoms with Crippen molar-refractivity contribution in [2.75, 3.05) is 36.4 Å². The Labute approximate surface area is 215 Å². The lowest BCUT2D eigenvalue weighted by Crippen LogP contribution is -2.53. The van der Waals surface area contributed by atoms with Gasteiger partial charge >= 0.3 is 6.18 Å². The van der Waals surface area contributed by atoms with Crippen LogP contribution < -0.4 is 10.2 Å². The average molecular weight is 527 g/mol. The van der Waals surface area contributed by atoms with E-state index in [1.807, 2.05) is 37.3 Å². The number of fused-ring (bicyclic) bond motifs is 1. The van der Waals surface area contributed by atoms with Crippen LogP contribution in [0.5, 0.6) is 0 Å². The number of alkyl halides is 3. The molecule has 1 saturated heterocycles. The minimum Gasteiger partial charge on any atom is -0.389 e. The molecule has 1 aliphatic rings. The van der Waals surface area contributed by atoms with Crippen LogP contribution in [0.2, 0.25) is 0 Å². The summed E-state index contributed by atoms with van der Waals surface area (Å²) in [6, 6.07) is 12.7. The third kappa shape index (κ3) is 5.37. The summed E-state index contributed by atoms with van der Waals surface area (Å²) in [5, 5.41) is 21.6. The quantitative estimate of drug-likeness (QED) is 0.393. The van der Waals surface area contributed by atoms with Crippen molar-refractivity contribution < 1.29 is 23.1 Å². The largest absolute Gasteiger partial charge is 0.406 e. The molecule has 0 aliphatic carbocycles. The number of nitrogens with one attached hydrogen (secondary N) is 1. The lowest BCUT2D eigenvalue weighted by molar-refractivity contribution is -0.161. The maximum absolute atomic E-state index is 12.8. The van der Waals surface area contributed by atoms with E-state index in [4.69, 9.17) is 4.98 Å². The molecule has 4 aromatic rings. The number of carbonyl (C=O) groups is 1. The summed E-state index contributed by atoms with van der Waals surface area (Å²) in [4.78, 5) is 24.1. The molecule has 1 fully saturated rings. The number of rotatable bonds is 6. The predicted molar refractivity (Wildman–Crippen MR) is 134 cm³/mol. The molecule has 5 rings (SSSR count). The van der Waals surface area contributed by atoms with Gasteiger partial charge in [-0.15, -0.1) is 5.10 Å². The molecule has 2 N–H and O–H groups in total. The summed E-state index contributed by atoms with van der Waals surface area (Å²) >= 11 is 0. The zero-order chi connectivity index (χ0) is 27.0. The Morgan fingerprint density at radius 2 is 1.92 bits per heavy atom. The summed E-state index contributed by atoms with van der Waals surface area (Å²) in [5.74, 6) is 0.778. The second-order valence-electron chi connectivity index (χ2n) is 9.11. The van der Waals surface area contributed by atoms with Crippen LogP contribution >= 0.6 is 0 Å². The highest BCUT2D eigenvalue weighted by Gasteiger charge is 2.36. The van der Waals surface area contributed by atoms with Crippen molar-refractivity contribution in [1.82, 2.24) is 29.6 Å². The van der Waals surface area contributed by atoms with Gasteiger partial charge in [0.1, 0.15) is 24.5 Å². The van der Waals surface area contributed by atoms with E-state index in [2.05, 4.69) is 20.5 Å². The van der Waals surface area contributed by atoms with Gasteiger partial charge in [-0.25, -0.2) is 9.97 Å². The molecular weight excluding hydrogens is 501 g/mol. The zero-order valence-corrected chi connectivity index (χ0v) is 20.6. The first-order valence-corrected chi connectivity index (χ1v) is 11.9. The van der Waals surface area contributed by atoms with E-state index < -0.39 is 24.7 Å². The molecule has 1 unspecified atom stereocenters. The number of amides is 1. The Balaban J connectivity index is 1.42. The van der Waals surface area contributed by atoms with Gasteiger partial charge in [0.05, 0.1) is 29.4 Å². The first kappa shape index (κ1) is 25.4. The van der Waals surface area contributed by atoms with Crippen LogP contribution in [-0.4, -0.2) is 73.0 Å². The lowest BCUT2D eigenvalue weighted by Gasteiger charge is -2.36. The zero-order valence-electron chi connectivity index (χ0n) is 20.6. The Morgan fingerprint density at radius 3 is 2.61 bits per heavy atom. The van der Waals surface area contributed by atoms with Gasteiger partial charge in [0.15, 0.2) is 5.82 Å². The monoisotopic (exact) mass is 526 g/mol. The molecule has 0 spiro atoms. The molecule has 1 amide bonds. The van der Waals surface area contributed by atoms with E-state index in [1.165, 1.54) is 0 Å². The number of halogens is 3. The van der Waals surface area contributed by atoms with E-state index in [0.717, 1.165) is 21.8 Å². The van der Waals surface area contributed by atoms with Crippen LogP contribution in [-0.2, 0) is 4.79 Å². The second-order valence-corrected chi connectivity index (χ2v) is 9.11. The van der Waals surface area contributed by atoms with E-state index in [0.29, 0.717) is 28.5 Å². The summed E-state index contributed by atoms with van der Waals surface area (Å²) in [6.45, 7) is 1.92. The number of hydrogen-bond donors (Lipinski definition) is 2. The molecule has 4 heterocycles. The highest BCUT2D eigenvalue weighted by atomic mass is 19.4. The number of piperazine rings is 1. The summed E-state index contributed by atoms with van der Waals surface area (Å²) in [7, 11) is 0. The van der Waals surface area contributed by atoms with Gasteiger partial charge < -0.3 is 20.2 Å². The van der Waals surface area contributed by atoms with Gasteiger partial charge in [0.2, 0.25) is 5.91 Å². The van der Waals surface area contributed by atoms with Gasteiger partial charge in [0, 0.05) is 24.3 Å². The Hall–Kier alpha value is -4.26. The van der Waals surface area contributed by atoms with Crippen LogP contribution in [0.15, 0.2) is 48.8 Å². The van der Waals surface area contributed by atoms with Crippen LogP contribution in [0.4, 0.5) is 30.5 Å². The summed E-state index contributed by atoms with van der Waals surface area (Å²) in [6.07, 6.45) is -3.75. The van der Waals surface area contributed by atoms with Crippen molar-refractivity contribution in [3.8, 4) is 5.82 Å². The molecular formula is C25H25F3N8O2. The first-order valence-electron chi connectivity index (χ1n) is 11.9. The number of carbonyl (C=O) groups excluding carboxylic acids is 1. The number of imidazole rings is 1. The SMILES string of the molecule is Cc1ccc(Nc2ccc3c(c2)ncn3-c2ccc(C(C)O)c(N3CCN(CC(F)(F)F)C(=O)C3)n2)nn1. The lowest BCUT2D eigenvalue weighted by atomic mass is 10.1. The van der Waals surface area contributed by atoms with E-state index >= 15 is 0 Å². The molecule has 1 aliphatic heterocycles. The smallest absolute Gasteiger partial charge is 0.389 e. The molecule has 3 aromatic heterocycles. The average Bonchev–Trinajstić information content (AvgIpc) is 3.29. The minimum absolute atomic E-state index is 0.0986. The maximum Gasteiger partial charge on any atom is 0.406 e. The Bertz CT molecular complexity index is 1470. The first-order chi connectivity index (χ1) is 18.1. The van der Waals surface area contributed by atoms with Crippen LogP contribution in [0.25, 0.3) is 16.9 Å². The highest BCUT2D eigenvalue weighted by Crippen LogP contribution is 2.29. The van der Waals surface area contributed by atoms with Crippen LogP contribution in [0.3, 0.4) is 0 Å². The standard InChI is InChI=1S/C25H25F3N8O2/c1-15-3-7-21(33-32-15)30-17-4-6-20-19(11-17)29-14-36(20)22-8-5-18(16(2)37)24(31-22)34-9-10-35(23(38)12-34)13-25(26,27)28/h3-8,11,14,16,37H,9-10,12-13H2,1-2H3,(H,30,33). The number of aliphatic hydroxyl groups is 1. The van der Waals surface area contributed by atoms with E-state index in [9.17, 15) is 23.1 Å². The highest BCUT2D eigenvalue weighted by molar-refractivity contribution is 5.84. The van der Waals surface area contributed by atoms with Crippen molar-refractivity contribution in [2.24, 2.45) is 0 Å². The second kappa shape index (κ2) is 9.89. The van der Waals surface area contributed by atoms with Crippen molar-refractivity contribution >= 4 is 34.3 Å². The molecule has 0 bridgehead atoms. The number of anilines is 3. The number of nitrogens with zero attached hydrogens (tertiary/aromatic N) is 7. The number of benzene rings is 1. The van der Waals surface area contributed by atoms with Gasteiger partial charge in [0.25, 0.3) is 0 Å². The van der Waals surface area contributed by atoms with Crippen molar-refractivity contribution in [3.05, 3.63) is 60.0 Å². The van der Waals surface area contributed by atoms with Crippen LogP contribution in [0, 0.1) is 6.92 Å². The Kier molecular flexibility index (Phi) is 6.61. The van der Waals surface area contributed by atoms with Crippen molar-refractivity contribution in [1.29, 1.82) is 0 Å². The molecule has 10 nitrogen and oxygen atoms in total. The number of aryl methyl sites for hydroxylation is 1. The molecule has 0 saturated carbocycles. The topological polar surface area (TPSA) is 112 Å². The molecule has 1 aromatic carbocycles. The maximum atomic E-state index is 12.8. The summed E-state index contributed by atoms with van der Waals surface area (Å²) in [5.41, 5.74) is 3.51. The van der Waals surface area contributed by atoms with Crippen LogP contribution in [0.1, 0.15) is 24.3 Å². The Morgan fingerprint density at radius 1 is 1.11 bits per heavy atom. The van der Waals surface area contributed by atoms with E-state index in [1.54, 1.807) is 34.9 Å². The molecule has 1 atom stereocenters. The fourth-order valence-corrected chi connectivity index (χ4v) is 4.32. The van der Waals surface area contributed by atoms with E-state index in [-0.39, 0.29) is 19.6 Å². The molecule has 38 heavy (non-hydrogen) atoms. The predicted octanol–water partition coefficient (Wildman–Crippen LogP) is 3.53.